The molecule has 0 aliphatic carbocycles. The summed E-state index contributed by atoms with van der Waals surface area (Å²) in [6, 6.07) is 20.0. The number of hydrogen-bond donors (Lipinski definition) is 1. The number of carbonyl (C=O) groups is 2. The predicted molar refractivity (Wildman–Crippen MR) is 112 cm³/mol. The second-order valence-corrected chi connectivity index (χ2v) is 6.86. The van der Waals surface area contributed by atoms with Crippen molar-refractivity contribution in [2.75, 3.05) is 39.3 Å². The van der Waals surface area contributed by atoms with Crippen molar-refractivity contribution >= 4 is 17.9 Å². The fourth-order valence-electron chi connectivity index (χ4n) is 3.20. The van der Waals surface area contributed by atoms with Gasteiger partial charge in [0.2, 0.25) is 11.8 Å². The van der Waals surface area contributed by atoms with E-state index < -0.39 is 0 Å². The second-order valence-electron chi connectivity index (χ2n) is 6.86. The summed E-state index contributed by atoms with van der Waals surface area (Å²) in [4.78, 5) is 28.3. The minimum absolute atomic E-state index is 0.00284. The summed E-state index contributed by atoms with van der Waals surface area (Å²) >= 11 is 0. The van der Waals surface area contributed by atoms with Gasteiger partial charge < -0.3 is 15.1 Å². The molecule has 1 aliphatic rings. The number of nitrogens with zero attached hydrogens (tertiary/aromatic N) is 2. The molecule has 0 spiro atoms. The largest absolute Gasteiger partial charge is 0.338 e. The molecule has 3 rings (SSSR count). The zero-order valence-electron chi connectivity index (χ0n) is 16.1. The van der Waals surface area contributed by atoms with E-state index in [1.165, 1.54) is 5.56 Å². The summed E-state index contributed by atoms with van der Waals surface area (Å²) in [7, 11) is 0. The van der Waals surface area contributed by atoms with E-state index in [9.17, 15) is 9.59 Å². The number of benzene rings is 2. The number of piperazine rings is 1. The van der Waals surface area contributed by atoms with Crippen LogP contribution < -0.4 is 5.32 Å². The Morgan fingerprint density at radius 1 is 0.857 bits per heavy atom. The highest BCUT2D eigenvalue weighted by molar-refractivity contribution is 5.92. The van der Waals surface area contributed by atoms with E-state index in [2.05, 4.69) is 17.4 Å². The molecule has 1 fully saturated rings. The van der Waals surface area contributed by atoms with Gasteiger partial charge in [-0.2, -0.15) is 0 Å². The van der Waals surface area contributed by atoms with Crippen LogP contribution in [0.15, 0.2) is 66.7 Å². The van der Waals surface area contributed by atoms with Gasteiger partial charge in [-0.3, -0.25) is 9.59 Å². The molecular formula is C23H27N3O2. The predicted octanol–water partition coefficient (Wildman–Crippen LogP) is 2.20. The molecule has 0 atom stereocenters. The van der Waals surface area contributed by atoms with Crippen molar-refractivity contribution in [2.24, 2.45) is 0 Å². The van der Waals surface area contributed by atoms with Crippen LogP contribution in [0, 0.1) is 0 Å². The maximum absolute atomic E-state index is 12.3. The summed E-state index contributed by atoms with van der Waals surface area (Å²) in [5.41, 5.74) is 2.27. The van der Waals surface area contributed by atoms with E-state index in [-0.39, 0.29) is 11.8 Å². The molecule has 0 unspecified atom stereocenters. The van der Waals surface area contributed by atoms with Gasteiger partial charge in [-0.25, -0.2) is 0 Å². The van der Waals surface area contributed by atoms with Gasteiger partial charge in [0.15, 0.2) is 0 Å². The molecule has 5 nitrogen and oxygen atoms in total. The fourth-order valence-corrected chi connectivity index (χ4v) is 3.20. The molecular weight excluding hydrogens is 350 g/mol. The quantitative estimate of drug-likeness (QED) is 0.595. The average molecular weight is 377 g/mol. The molecule has 1 saturated heterocycles. The van der Waals surface area contributed by atoms with Crippen LogP contribution >= 0.6 is 0 Å². The lowest BCUT2D eigenvalue weighted by atomic mass is 10.1. The first-order chi connectivity index (χ1) is 13.7. The Balaban J connectivity index is 1.35. The van der Waals surface area contributed by atoms with Crippen LogP contribution in [0.4, 0.5) is 0 Å². The molecule has 0 radical (unpaired) electrons. The summed E-state index contributed by atoms with van der Waals surface area (Å²) < 4.78 is 0. The fraction of sp³-hybridized carbons (Fsp3) is 0.304. The zero-order valence-corrected chi connectivity index (χ0v) is 16.1. The summed E-state index contributed by atoms with van der Waals surface area (Å²) in [5.74, 6) is 0.0944. The Morgan fingerprint density at radius 3 is 2.14 bits per heavy atom. The topological polar surface area (TPSA) is 52.7 Å². The van der Waals surface area contributed by atoms with Crippen LogP contribution in [0.5, 0.6) is 0 Å². The van der Waals surface area contributed by atoms with Crippen LogP contribution in [0.1, 0.15) is 11.1 Å². The lowest BCUT2D eigenvalue weighted by Crippen LogP contribution is -2.52. The van der Waals surface area contributed by atoms with Gasteiger partial charge in [0.1, 0.15) is 0 Å². The zero-order chi connectivity index (χ0) is 19.6. The van der Waals surface area contributed by atoms with E-state index in [0.717, 1.165) is 18.5 Å². The van der Waals surface area contributed by atoms with Crippen molar-refractivity contribution in [1.29, 1.82) is 0 Å². The van der Waals surface area contributed by atoms with Crippen LogP contribution in [-0.2, 0) is 16.0 Å². The number of nitrogens with one attached hydrogen (secondary N) is 1. The van der Waals surface area contributed by atoms with Crippen molar-refractivity contribution in [1.82, 2.24) is 15.1 Å². The molecule has 2 aromatic carbocycles. The Kier molecular flexibility index (Phi) is 7.38. The summed E-state index contributed by atoms with van der Waals surface area (Å²) in [6.45, 7) is 3.45. The van der Waals surface area contributed by atoms with Crippen molar-refractivity contribution in [3.63, 3.8) is 0 Å². The highest BCUT2D eigenvalue weighted by Crippen LogP contribution is 2.06. The van der Waals surface area contributed by atoms with Gasteiger partial charge in [0.05, 0.1) is 6.54 Å². The highest BCUT2D eigenvalue weighted by atomic mass is 16.2. The molecule has 28 heavy (non-hydrogen) atoms. The number of rotatable bonds is 7. The first-order valence-corrected chi connectivity index (χ1v) is 9.77. The third-order valence-electron chi connectivity index (χ3n) is 4.87. The molecule has 0 saturated carbocycles. The molecule has 2 amide bonds. The third-order valence-corrected chi connectivity index (χ3v) is 4.87. The van der Waals surface area contributed by atoms with Crippen LogP contribution in [0.2, 0.25) is 0 Å². The van der Waals surface area contributed by atoms with Crippen molar-refractivity contribution in [3.05, 3.63) is 77.9 Å². The normalized spacial score (nSPS) is 14.4. The van der Waals surface area contributed by atoms with Gasteiger partial charge in [-0.05, 0) is 30.2 Å². The van der Waals surface area contributed by atoms with Gasteiger partial charge in [0, 0.05) is 32.3 Å². The smallest absolute Gasteiger partial charge is 0.246 e. The first kappa shape index (κ1) is 19.8. The Labute approximate surface area is 166 Å². The monoisotopic (exact) mass is 377 g/mol. The van der Waals surface area contributed by atoms with Crippen molar-refractivity contribution < 1.29 is 9.59 Å². The summed E-state index contributed by atoms with van der Waals surface area (Å²) in [5, 5.41) is 3.22. The van der Waals surface area contributed by atoms with E-state index in [1.807, 2.05) is 59.5 Å². The second kappa shape index (κ2) is 10.4. The van der Waals surface area contributed by atoms with Gasteiger partial charge in [-0.15, -0.1) is 0 Å². The van der Waals surface area contributed by atoms with Crippen LogP contribution in [0.25, 0.3) is 6.08 Å². The van der Waals surface area contributed by atoms with Gasteiger partial charge in [0.25, 0.3) is 0 Å². The van der Waals surface area contributed by atoms with Gasteiger partial charge in [-0.1, -0.05) is 60.7 Å². The maximum atomic E-state index is 12.3. The minimum atomic E-state index is -0.00284. The van der Waals surface area contributed by atoms with E-state index in [0.29, 0.717) is 32.7 Å². The van der Waals surface area contributed by atoms with Crippen molar-refractivity contribution in [2.45, 2.75) is 6.42 Å². The van der Waals surface area contributed by atoms with Crippen molar-refractivity contribution in [3.8, 4) is 0 Å². The first-order valence-electron chi connectivity index (χ1n) is 9.77. The maximum Gasteiger partial charge on any atom is 0.246 e. The minimum Gasteiger partial charge on any atom is -0.338 e. The lowest BCUT2D eigenvalue weighted by Gasteiger charge is -2.34. The highest BCUT2D eigenvalue weighted by Gasteiger charge is 2.22. The third kappa shape index (κ3) is 6.06. The number of carbonyl (C=O) groups excluding carboxylic acids is 2. The molecule has 0 bridgehead atoms. The molecule has 1 heterocycles. The van der Waals surface area contributed by atoms with Gasteiger partial charge >= 0.3 is 0 Å². The molecule has 1 aliphatic heterocycles. The number of amides is 2. The number of hydrogen-bond acceptors (Lipinski definition) is 3. The Hall–Kier alpha value is -2.92. The van der Waals surface area contributed by atoms with E-state index in [1.54, 1.807) is 11.0 Å². The molecule has 5 heteroatoms. The molecule has 1 N–H and O–H groups in total. The Bertz CT molecular complexity index is 782. The standard InChI is InChI=1S/C23H27N3O2/c27-22(12-11-20-7-3-1-4-8-20)25-15-17-26(18-16-25)23(28)19-24-14-13-21-9-5-2-6-10-21/h1-12,24H,13-19H2/b12-11+. The average Bonchev–Trinajstić information content (AvgIpc) is 2.76. The van der Waals surface area contributed by atoms with E-state index in [4.69, 9.17) is 0 Å². The molecule has 146 valence electrons. The van der Waals surface area contributed by atoms with E-state index >= 15 is 0 Å². The molecule has 0 aromatic heterocycles. The van der Waals surface area contributed by atoms with Crippen LogP contribution in [0.3, 0.4) is 0 Å². The lowest BCUT2D eigenvalue weighted by molar-refractivity contribution is -0.136. The molecule has 2 aromatic rings. The Morgan fingerprint density at radius 2 is 1.46 bits per heavy atom. The SMILES string of the molecule is O=C(/C=C/c1ccccc1)N1CCN(C(=O)CNCCc2ccccc2)CC1. The summed E-state index contributed by atoms with van der Waals surface area (Å²) in [6.07, 6.45) is 4.35. The van der Waals surface area contributed by atoms with Crippen LogP contribution in [-0.4, -0.2) is 60.9 Å².